The van der Waals surface area contributed by atoms with Crippen LogP contribution in [0.25, 0.3) is 21.9 Å². The molecule has 57 heavy (non-hydrogen) atoms. The third-order valence-electron chi connectivity index (χ3n) is 15.6. The lowest BCUT2D eigenvalue weighted by molar-refractivity contribution is -0.175. The molecule has 7 nitrogen and oxygen atoms in total. The smallest absolute Gasteiger partial charge is 0.410 e. The van der Waals surface area contributed by atoms with Crippen molar-refractivity contribution in [3.8, 4) is 16.9 Å². The van der Waals surface area contributed by atoms with Gasteiger partial charge in [-0.1, -0.05) is 117 Å². The molecule has 0 saturated heterocycles. The fraction of sp³-hybridized carbons (Fsp3) is 0.440. The molecule has 1 amide bonds. The fourth-order valence-corrected chi connectivity index (χ4v) is 12.6. The lowest BCUT2D eigenvalue weighted by atomic mass is 9.32. The number of hydrogen-bond acceptors (Lipinski definition) is 6. The molecule has 3 fully saturated rings. The van der Waals surface area contributed by atoms with Gasteiger partial charge in [-0.2, -0.15) is 0 Å². The second kappa shape index (κ2) is 14.1. The van der Waals surface area contributed by atoms with Crippen LogP contribution in [0, 0.1) is 33.5 Å². The van der Waals surface area contributed by atoms with Crippen molar-refractivity contribution in [2.24, 2.45) is 33.5 Å². The molecule has 0 radical (unpaired) electrons. The van der Waals surface area contributed by atoms with Crippen LogP contribution >= 0.6 is 0 Å². The lowest BCUT2D eigenvalue weighted by Gasteiger charge is -2.71. The SMILES string of the molecule is COCCCN(C[C@]1(O)CC[C@H]2[C@]34C=C[C@@]5(C=C3C(=O)c3ccccc3-c3ccccc3)CC(O)CC[C@]5(C)[C@H]4CC[C@@]21C)C(=O)Oc1ccc2ccccc2c1. The lowest BCUT2D eigenvalue weighted by Crippen LogP contribution is -2.67. The van der Waals surface area contributed by atoms with E-state index in [0.717, 1.165) is 59.6 Å². The molecule has 7 heteroatoms. The zero-order chi connectivity index (χ0) is 39.6. The molecular formula is C50H55NO6. The number of fused-ring (bicyclic) bond motifs is 2. The number of methoxy groups -OCH3 is 1. The Bertz CT molecular complexity index is 2270. The van der Waals surface area contributed by atoms with E-state index in [4.69, 9.17) is 9.47 Å². The summed E-state index contributed by atoms with van der Waals surface area (Å²) >= 11 is 0. The Morgan fingerprint density at radius 2 is 1.51 bits per heavy atom. The first kappa shape index (κ1) is 38.0. The number of ketones is 1. The van der Waals surface area contributed by atoms with Crippen LogP contribution < -0.4 is 4.74 Å². The molecule has 4 aromatic carbocycles. The molecule has 0 heterocycles. The van der Waals surface area contributed by atoms with E-state index in [2.05, 4.69) is 44.2 Å². The normalized spacial score (nSPS) is 33.6. The summed E-state index contributed by atoms with van der Waals surface area (Å²) < 4.78 is 11.4. The van der Waals surface area contributed by atoms with Crippen molar-refractivity contribution in [1.29, 1.82) is 0 Å². The Kier molecular flexibility index (Phi) is 9.38. The molecule has 6 aliphatic rings. The number of aliphatic hydroxyl groups excluding tert-OH is 1. The van der Waals surface area contributed by atoms with Crippen LogP contribution in [0.15, 0.2) is 121 Å². The van der Waals surface area contributed by atoms with Gasteiger partial charge in [-0.05, 0) is 103 Å². The Morgan fingerprint density at radius 3 is 2.32 bits per heavy atom. The van der Waals surface area contributed by atoms with Crippen molar-refractivity contribution >= 4 is 22.6 Å². The molecule has 0 aliphatic heterocycles. The van der Waals surface area contributed by atoms with Gasteiger partial charge in [0.05, 0.1) is 18.2 Å². The average molecular weight is 766 g/mol. The minimum absolute atomic E-state index is 0.0325. The van der Waals surface area contributed by atoms with E-state index >= 15 is 4.79 Å². The highest BCUT2D eigenvalue weighted by Crippen LogP contribution is 2.78. The molecule has 2 bridgehead atoms. The molecule has 8 atom stereocenters. The number of Topliss-reactive ketones (excluding diaryl/α,β-unsaturated/α-hetero) is 1. The molecule has 2 spiro atoms. The molecule has 10 rings (SSSR count). The number of carbonyl (C=O) groups excluding carboxylic acids is 2. The van der Waals surface area contributed by atoms with E-state index < -0.39 is 34.0 Å². The van der Waals surface area contributed by atoms with E-state index in [1.165, 1.54) is 0 Å². The fourth-order valence-electron chi connectivity index (χ4n) is 12.6. The minimum Gasteiger partial charge on any atom is -0.410 e. The van der Waals surface area contributed by atoms with E-state index in [1.807, 2.05) is 84.9 Å². The highest BCUT2D eigenvalue weighted by molar-refractivity contribution is 6.14. The largest absolute Gasteiger partial charge is 0.415 e. The summed E-state index contributed by atoms with van der Waals surface area (Å²) in [5, 5.41) is 26.4. The Balaban J connectivity index is 1.10. The van der Waals surface area contributed by atoms with Crippen molar-refractivity contribution in [3.63, 3.8) is 0 Å². The Labute approximate surface area is 336 Å². The van der Waals surface area contributed by atoms with Crippen LogP contribution in [0.3, 0.4) is 0 Å². The summed E-state index contributed by atoms with van der Waals surface area (Å²) in [6.07, 6.45) is 11.7. The predicted molar refractivity (Wildman–Crippen MR) is 223 cm³/mol. The van der Waals surface area contributed by atoms with Gasteiger partial charge in [-0.15, -0.1) is 0 Å². The summed E-state index contributed by atoms with van der Waals surface area (Å²) in [5.74, 6) is 0.602. The van der Waals surface area contributed by atoms with Gasteiger partial charge in [0.25, 0.3) is 0 Å². The van der Waals surface area contributed by atoms with Crippen LogP contribution in [0.1, 0.15) is 75.6 Å². The summed E-state index contributed by atoms with van der Waals surface area (Å²) in [7, 11) is 1.65. The Hall–Kier alpha value is -4.56. The second-order valence-corrected chi connectivity index (χ2v) is 18.2. The summed E-state index contributed by atoms with van der Waals surface area (Å²) in [6, 6.07) is 31.7. The van der Waals surface area contributed by atoms with Crippen molar-refractivity contribution < 1.29 is 29.3 Å². The quantitative estimate of drug-likeness (QED) is 0.0949. The first-order chi connectivity index (χ1) is 27.5. The summed E-state index contributed by atoms with van der Waals surface area (Å²) in [5.41, 5.74) is 0.351. The van der Waals surface area contributed by atoms with E-state index in [1.54, 1.807) is 12.0 Å². The predicted octanol–water partition coefficient (Wildman–Crippen LogP) is 9.82. The zero-order valence-electron chi connectivity index (χ0n) is 33.5. The van der Waals surface area contributed by atoms with Gasteiger partial charge in [0.1, 0.15) is 5.75 Å². The van der Waals surface area contributed by atoms with Gasteiger partial charge in [0.15, 0.2) is 5.78 Å². The molecule has 1 unspecified atom stereocenters. The van der Waals surface area contributed by atoms with Crippen molar-refractivity contribution in [2.45, 2.75) is 76.9 Å². The van der Waals surface area contributed by atoms with E-state index in [9.17, 15) is 15.0 Å². The number of hydrogen-bond donors (Lipinski definition) is 2. The van der Waals surface area contributed by atoms with Gasteiger partial charge in [-0.3, -0.25) is 4.79 Å². The second-order valence-electron chi connectivity index (χ2n) is 18.2. The highest BCUT2D eigenvalue weighted by Gasteiger charge is 2.74. The number of allylic oxidation sites excluding steroid dienone is 4. The van der Waals surface area contributed by atoms with Gasteiger partial charge >= 0.3 is 6.09 Å². The number of rotatable bonds is 10. The Morgan fingerprint density at radius 1 is 0.807 bits per heavy atom. The number of benzene rings is 4. The summed E-state index contributed by atoms with van der Waals surface area (Å²) in [4.78, 5) is 31.3. The van der Waals surface area contributed by atoms with Crippen LogP contribution in [0.4, 0.5) is 4.79 Å². The summed E-state index contributed by atoms with van der Waals surface area (Å²) in [6.45, 7) is 5.59. The van der Waals surface area contributed by atoms with Gasteiger partial charge in [0, 0.05) is 47.6 Å². The molecule has 4 aromatic rings. The molecule has 3 saturated carbocycles. The monoisotopic (exact) mass is 765 g/mol. The van der Waals surface area contributed by atoms with E-state index in [0.29, 0.717) is 43.7 Å². The molecule has 0 aromatic heterocycles. The van der Waals surface area contributed by atoms with Crippen LogP contribution in [-0.2, 0) is 4.74 Å². The first-order valence-electron chi connectivity index (χ1n) is 20.9. The third kappa shape index (κ3) is 5.78. The van der Waals surface area contributed by atoms with Crippen molar-refractivity contribution in [3.05, 3.63) is 126 Å². The average Bonchev–Trinajstić information content (AvgIpc) is 3.50. The van der Waals surface area contributed by atoms with Gasteiger partial charge in [-0.25, -0.2) is 4.79 Å². The van der Waals surface area contributed by atoms with Crippen LogP contribution in [-0.4, -0.2) is 65.5 Å². The standard InChI is InChI=1S/C50H55NO6/c1-46-23-20-37(52)31-48(46)26-27-50(41(32-48)44(53)40-17-10-9-16-39(40)35-13-5-4-6-14-35)42(46)21-24-47(2)43(50)22-25-49(47,55)33-51(28-11-29-56-3)45(54)57-38-19-18-34-12-7-8-15-36(34)30-38/h4-10,12-19,26-27,30,32,37,42-43,52,55H,11,20-25,28-29,31,33H2,1-3H3/t37?,42-,43-,46-,47+,48+,49-,50-/m1/s1. The number of ether oxygens (including phenoxy) is 2. The molecule has 296 valence electrons. The van der Waals surface area contributed by atoms with Crippen LogP contribution in [0.2, 0.25) is 0 Å². The molecular weight excluding hydrogens is 711 g/mol. The highest BCUT2D eigenvalue weighted by atomic mass is 16.6. The zero-order valence-corrected chi connectivity index (χ0v) is 33.5. The number of carbonyl (C=O) groups is 2. The van der Waals surface area contributed by atoms with Gasteiger partial charge in [0.2, 0.25) is 0 Å². The first-order valence-corrected chi connectivity index (χ1v) is 20.9. The maximum atomic E-state index is 15.5. The van der Waals surface area contributed by atoms with Crippen molar-refractivity contribution in [1.82, 2.24) is 4.90 Å². The minimum atomic E-state index is -1.23. The van der Waals surface area contributed by atoms with Crippen LogP contribution in [0.5, 0.6) is 5.75 Å². The topological polar surface area (TPSA) is 96.3 Å². The number of aliphatic hydroxyl groups is 2. The number of amides is 1. The maximum absolute atomic E-state index is 15.5. The molecule has 2 N–H and O–H groups in total. The van der Waals surface area contributed by atoms with Crippen molar-refractivity contribution in [2.75, 3.05) is 26.8 Å². The van der Waals surface area contributed by atoms with E-state index in [-0.39, 0.29) is 29.6 Å². The third-order valence-corrected chi connectivity index (χ3v) is 15.6. The number of nitrogens with zero attached hydrogens (tertiary/aromatic N) is 1. The molecule has 6 aliphatic carbocycles. The van der Waals surface area contributed by atoms with Gasteiger partial charge < -0.3 is 24.6 Å². The maximum Gasteiger partial charge on any atom is 0.415 e.